The van der Waals surface area contributed by atoms with E-state index < -0.39 is 0 Å². The number of rotatable bonds is 2. The molecular weight excluding hydrogens is 292 g/mol. The van der Waals surface area contributed by atoms with E-state index in [1.165, 1.54) is 22.1 Å². The molecule has 4 aromatic rings. The number of para-hydroxylation sites is 1. The van der Waals surface area contributed by atoms with Crippen LogP contribution in [0.15, 0.2) is 72.8 Å². The highest BCUT2D eigenvalue weighted by Gasteiger charge is 2.14. The maximum Gasteiger partial charge on any atom is 0.0991 e. The molecule has 1 N–H and O–H groups in total. The lowest BCUT2D eigenvalue weighted by atomic mass is 9.97. The van der Waals surface area contributed by atoms with Crippen molar-refractivity contribution >= 4 is 10.9 Å². The Labute approximate surface area is 141 Å². The quantitative estimate of drug-likeness (QED) is 0.508. The summed E-state index contributed by atoms with van der Waals surface area (Å²) < 4.78 is 0. The van der Waals surface area contributed by atoms with Crippen molar-refractivity contribution in [3.8, 4) is 28.5 Å². The average Bonchev–Trinajstić information content (AvgIpc) is 3.02. The molecule has 0 bridgehead atoms. The van der Waals surface area contributed by atoms with E-state index in [-0.39, 0.29) is 0 Å². The van der Waals surface area contributed by atoms with Crippen LogP contribution in [-0.4, -0.2) is 4.98 Å². The molecule has 1 heterocycles. The SMILES string of the molecule is Cc1ccc(-c2c(-c3ccc(C#N)cc3)[nH]c3ccccc23)cc1. The molecule has 0 spiro atoms. The van der Waals surface area contributed by atoms with Gasteiger partial charge in [0.15, 0.2) is 0 Å². The summed E-state index contributed by atoms with van der Waals surface area (Å²) in [6.07, 6.45) is 0. The molecule has 24 heavy (non-hydrogen) atoms. The zero-order valence-electron chi connectivity index (χ0n) is 13.4. The Morgan fingerprint density at radius 3 is 2.17 bits per heavy atom. The Balaban J connectivity index is 1.99. The van der Waals surface area contributed by atoms with E-state index in [0.29, 0.717) is 5.56 Å². The third kappa shape index (κ3) is 2.37. The van der Waals surface area contributed by atoms with Gasteiger partial charge in [0.2, 0.25) is 0 Å². The van der Waals surface area contributed by atoms with E-state index in [9.17, 15) is 0 Å². The number of aryl methyl sites for hydroxylation is 1. The molecule has 0 radical (unpaired) electrons. The van der Waals surface area contributed by atoms with Crippen molar-refractivity contribution in [1.82, 2.24) is 4.98 Å². The van der Waals surface area contributed by atoms with Crippen molar-refractivity contribution in [1.29, 1.82) is 5.26 Å². The van der Waals surface area contributed by atoms with Gasteiger partial charge in [-0.3, -0.25) is 0 Å². The summed E-state index contributed by atoms with van der Waals surface area (Å²) in [6.45, 7) is 2.10. The monoisotopic (exact) mass is 308 g/mol. The normalized spacial score (nSPS) is 10.7. The summed E-state index contributed by atoms with van der Waals surface area (Å²) in [6, 6.07) is 26.9. The Kier molecular flexibility index (Phi) is 3.40. The minimum absolute atomic E-state index is 0.673. The molecule has 3 aromatic carbocycles. The zero-order valence-corrected chi connectivity index (χ0v) is 13.4. The molecule has 0 aliphatic heterocycles. The Morgan fingerprint density at radius 2 is 1.46 bits per heavy atom. The number of nitrogens with zero attached hydrogens (tertiary/aromatic N) is 1. The highest BCUT2D eigenvalue weighted by Crippen LogP contribution is 2.38. The van der Waals surface area contributed by atoms with Gasteiger partial charge in [-0.05, 0) is 36.2 Å². The van der Waals surface area contributed by atoms with Gasteiger partial charge < -0.3 is 4.98 Å². The summed E-state index contributed by atoms with van der Waals surface area (Å²) in [5, 5.41) is 10.2. The lowest BCUT2D eigenvalue weighted by Crippen LogP contribution is -1.84. The van der Waals surface area contributed by atoms with Crippen molar-refractivity contribution in [3.05, 3.63) is 83.9 Å². The number of nitriles is 1. The number of aromatic amines is 1. The van der Waals surface area contributed by atoms with E-state index in [2.05, 4.69) is 60.4 Å². The molecule has 0 atom stereocenters. The molecule has 0 aliphatic rings. The molecule has 2 heteroatoms. The smallest absolute Gasteiger partial charge is 0.0991 e. The second-order valence-corrected chi connectivity index (χ2v) is 5.98. The number of fused-ring (bicyclic) bond motifs is 1. The van der Waals surface area contributed by atoms with Crippen molar-refractivity contribution < 1.29 is 0 Å². The first-order chi connectivity index (χ1) is 11.8. The standard InChI is InChI=1S/C22H16N2/c1-15-6-10-17(11-7-15)21-19-4-2-3-5-20(19)24-22(21)18-12-8-16(14-23)9-13-18/h2-13,24H,1H3. The molecule has 2 nitrogen and oxygen atoms in total. The average molecular weight is 308 g/mol. The molecule has 4 rings (SSSR count). The van der Waals surface area contributed by atoms with Gasteiger partial charge in [-0.15, -0.1) is 0 Å². The molecular formula is C22H16N2. The maximum atomic E-state index is 9.01. The lowest BCUT2D eigenvalue weighted by Gasteiger charge is -2.06. The van der Waals surface area contributed by atoms with Crippen LogP contribution in [-0.2, 0) is 0 Å². The van der Waals surface area contributed by atoms with Crippen molar-refractivity contribution in [2.75, 3.05) is 0 Å². The molecule has 0 saturated heterocycles. The highest BCUT2D eigenvalue weighted by molar-refractivity contribution is 6.03. The van der Waals surface area contributed by atoms with Gasteiger partial charge in [0, 0.05) is 16.5 Å². The number of aromatic nitrogens is 1. The van der Waals surface area contributed by atoms with Gasteiger partial charge in [0.25, 0.3) is 0 Å². The van der Waals surface area contributed by atoms with Crippen LogP contribution in [0.5, 0.6) is 0 Å². The van der Waals surface area contributed by atoms with E-state index in [1.807, 2.05) is 30.3 Å². The first-order valence-corrected chi connectivity index (χ1v) is 7.94. The summed E-state index contributed by atoms with van der Waals surface area (Å²) in [5.74, 6) is 0. The fourth-order valence-electron chi connectivity index (χ4n) is 3.09. The summed E-state index contributed by atoms with van der Waals surface area (Å²) in [5.41, 5.74) is 7.61. The molecule has 0 fully saturated rings. The molecule has 0 aliphatic carbocycles. The Morgan fingerprint density at radius 1 is 0.792 bits per heavy atom. The minimum atomic E-state index is 0.673. The first-order valence-electron chi connectivity index (χ1n) is 7.94. The van der Waals surface area contributed by atoms with Crippen LogP contribution >= 0.6 is 0 Å². The largest absolute Gasteiger partial charge is 0.354 e. The predicted molar refractivity (Wildman–Crippen MR) is 98.6 cm³/mol. The third-order valence-corrected chi connectivity index (χ3v) is 4.35. The fraction of sp³-hybridized carbons (Fsp3) is 0.0455. The Hall–Kier alpha value is -3.31. The van der Waals surface area contributed by atoms with E-state index in [0.717, 1.165) is 16.8 Å². The number of hydrogen-bond donors (Lipinski definition) is 1. The van der Waals surface area contributed by atoms with Gasteiger partial charge in [-0.1, -0.05) is 60.2 Å². The predicted octanol–water partition coefficient (Wildman–Crippen LogP) is 5.68. The van der Waals surface area contributed by atoms with Crippen molar-refractivity contribution in [2.24, 2.45) is 0 Å². The summed E-state index contributed by atoms with van der Waals surface area (Å²) in [4.78, 5) is 3.55. The van der Waals surface area contributed by atoms with Crippen LogP contribution in [0.25, 0.3) is 33.3 Å². The highest BCUT2D eigenvalue weighted by atomic mass is 14.7. The topological polar surface area (TPSA) is 39.6 Å². The fourth-order valence-corrected chi connectivity index (χ4v) is 3.09. The molecule has 0 amide bonds. The van der Waals surface area contributed by atoms with Crippen LogP contribution in [0, 0.1) is 18.3 Å². The molecule has 0 unspecified atom stereocenters. The van der Waals surface area contributed by atoms with E-state index >= 15 is 0 Å². The van der Waals surface area contributed by atoms with Gasteiger partial charge in [0.05, 0.1) is 17.3 Å². The summed E-state index contributed by atoms with van der Waals surface area (Å²) >= 11 is 0. The molecule has 1 aromatic heterocycles. The first kappa shape index (κ1) is 14.3. The van der Waals surface area contributed by atoms with Crippen LogP contribution in [0.3, 0.4) is 0 Å². The number of hydrogen-bond acceptors (Lipinski definition) is 1. The van der Waals surface area contributed by atoms with Crippen molar-refractivity contribution in [3.63, 3.8) is 0 Å². The number of H-pyrrole nitrogens is 1. The van der Waals surface area contributed by atoms with Crippen LogP contribution < -0.4 is 0 Å². The van der Waals surface area contributed by atoms with Crippen LogP contribution in [0.1, 0.15) is 11.1 Å². The van der Waals surface area contributed by atoms with Crippen LogP contribution in [0.4, 0.5) is 0 Å². The van der Waals surface area contributed by atoms with Gasteiger partial charge in [-0.2, -0.15) is 5.26 Å². The second kappa shape index (κ2) is 5.72. The lowest BCUT2D eigenvalue weighted by molar-refractivity contribution is 1.43. The van der Waals surface area contributed by atoms with Crippen molar-refractivity contribution in [2.45, 2.75) is 6.92 Å². The Bertz CT molecular complexity index is 1050. The van der Waals surface area contributed by atoms with E-state index in [4.69, 9.17) is 5.26 Å². The maximum absolute atomic E-state index is 9.01. The molecule has 114 valence electrons. The summed E-state index contributed by atoms with van der Waals surface area (Å²) in [7, 11) is 0. The minimum Gasteiger partial charge on any atom is -0.354 e. The van der Waals surface area contributed by atoms with Gasteiger partial charge in [-0.25, -0.2) is 0 Å². The van der Waals surface area contributed by atoms with Gasteiger partial charge >= 0.3 is 0 Å². The van der Waals surface area contributed by atoms with Crippen LogP contribution in [0.2, 0.25) is 0 Å². The number of nitrogens with one attached hydrogen (secondary N) is 1. The molecule has 0 saturated carbocycles. The third-order valence-electron chi connectivity index (χ3n) is 4.35. The number of benzene rings is 3. The zero-order chi connectivity index (χ0) is 16.5. The second-order valence-electron chi connectivity index (χ2n) is 5.98. The van der Waals surface area contributed by atoms with Gasteiger partial charge in [0.1, 0.15) is 0 Å². The van der Waals surface area contributed by atoms with E-state index in [1.54, 1.807) is 0 Å².